The van der Waals surface area contributed by atoms with E-state index in [1.54, 1.807) is 12.1 Å². The Morgan fingerprint density at radius 1 is 1.14 bits per heavy atom. The molecule has 0 spiro atoms. The van der Waals surface area contributed by atoms with Gasteiger partial charge in [0, 0.05) is 6.07 Å². The predicted octanol–water partition coefficient (Wildman–Crippen LogP) is 2.08. The van der Waals surface area contributed by atoms with E-state index in [2.05, 4.69) is 5.32 Å². The third kappa shape index (κ3) is 3.78. The first-order chi connectivity index (χ1) is 10.5. The number of benzene rings is 2. The standard InChI is InChI=1S/C15H12F2N2O3/c16-9-5-6-11(17)12(7-9)19-15(21)10-3-1-2-4-13(10)22-8-14(18)20/h1-7H,8H2,(H2,18,20)(H,19,21). The number of amides is 2. The molecule has 0 unspecified atom stereocenters. The van der Waals surface area contributed by atoms with Gasteiger partial charge in [-0.1, -0.05) is 12.1 Å². The number of primary amides is 1. The first-order valence-corrected chi connectivity index (χ1v) is 6.24. The number of nitrogens with two attached hydrogens (primary N) is 1. The number of hydrogen-bond acceptors (Lipinski definition) is 3. The Balaban J connectivity index is 2.22. The highest BCUT2D eigenvalue weighted by molar-refractivity contribution is 6.06. The highest BCUT2D eigenvalue weighted by Crippen LogP contribution is 2.21. The Morgan fingerprint density at radius 3 is 2.59 bits per heavy atom. The first kappa shape index (κ1) is 15.4. The third-order valence-electron chi connectivity index (χ3n) is 2.68. The predicted molar refractivity (Wildman–Crippen MR) is 75.4 cm³/mol. The molecule has 0 saturated heterocycles. The third-order valence-corrected chi connectivity index (χ3v) is 2.68. The molecule has 0 aliphatic carbocycles. The number of anilines is 1. The monoisotopic (exact) mass is 306 g/mol. The molecule has 2 aromatic carbocycles. The summed E-state index contributed by atoms with van der Waals surface area (Å²) in [5, 5.41) is 2.25. The second-order valence-corrected chi connectivity index (χ2v) is 4.33. The minimum Gasteiger partial charge on any atom is -0.483 e. The Labute approximate surface area is 124 Å². The fraction of sp³-hybridized carbons (Fsp3) is 0.0667. The molecule has 0 aromatic heterocycles. The van der Waals surface area contributed by atoms with Gasteiger partial charge in [-0.25, -0.2) is 8.78 Å². The van der Waals surface area contributed by atoms with Gasteiger partial charge in [0.15, 0.2) is 6.61 Å². The first-order valence-electron chi connectivity index (χ1n) is 6.24. The van der Waals surface area contributed by atoms with Crippen molar-refractivity contribution in [2.75, 3.05) is 11.9 Å². The lowest BCUT2D eigenvalue weighted by molar-refractivity contribution is -0.119. The molecule has 0 aliphatic heterocycles. The minimum absolute atomic E-state index is 0.0624. The van der Waals surface area contributed by atoms with E-state index in [0.717, 1.165) is 18.2 Å². The van der Waals surface area contributed by atoms with Crippen LogP contribution in [0, 0.1) is 11.6 Å². The van der Waals surface area contributed by atoms with Crippen molar-refractivity contribution in [1.82, 2.24) is 0 Å². The van der Waals surface area contributed by atoms with E-state index < -0.39 is 30.1 Å². The second-order valence-electron chi connectivity index (χ2n) is 4.33. The minimum atomic E-state index is -0.773. The Kier molecular flexibility index (Phi) is 4.67. The van der Waals surface area contributed by atoms with Crippen molar-refractivity contribution in [3.63, 3.8) is 0 Å². The van der Waals surface area contributed by atoms with E-state index >= 15 is 0 Å². The van der Waals surface area contributed by atoms with Gasteiger partial charge < -0.3 is 15.8 Å². The van der Waals surface area contributed by atoms with Crippen LogP contribution in [-0.4, -0.2) is 18.4 Å². The normalized spacial score (nSPS) is 10.1. The number of halogens is 2. The number of ether oxygens (including phenoxy) is 1. The molecule has 5 nitrogen and oxygen atoms in total. The van der Waals surface area contributed by atoms with Crippen molar-refractivity contribution in [2.24, 2.45) is 5.73 Å². The molecule has 0 radical (unpaired) electrons. The van der Waals surface area contributed by atoms with Crippen LogP contribution < -0.4 is 15.8 Å². The SMILES string of the molecule is NC(=O)COc1ccccc1C(=O)Nc1cc(F)ccc1F. The molecule has 0 atom stereocenters. The average molecular weight is 306 g/mol. The smallest absolute Gasteiger partial charge is 0.259 e. The highest BCUT2D eigenvalue weighted by Gasteiger charge is 2.15. The summed E-state index contributed by atoms with van der Waals surface area (Å²) in [6, 6.07) is 8.74. The van der Waals surface area contributed by atoms with E-state index in [0.29, 0.717) is 0 Å². The van der Waals surface area contributed by atoms with Crippen molar-refractivity contribution < 1.29 is 23.1 Å². The van der Waals surface area contributed by atoms with Crippen LogP contribution in [0.2, 0.25) is 0 Å². The maximum absolute atomic E-state index is 13.5. The molecule has 0 heterocycles. The zero-order chi connectivity index (χ0) is 16.1. The fourth-order valence-electron chi connectivity index (χ4n) is 1.71. The molecular formula is C15H12F2N2O3. The maximum atomic E-state index is 13.5. The van der Waals surface area contributed by atoms with Gasteiger partial charge in [-0.3, -0.25) is 9.59 Å². The molecule has 2 rings (SSSR count). The molecule has 0 fully saturated rings. The molecule has 2 aromatic rings. The summed E-state index contributed by atoms with van der Waals surface area (Å²) in [5.74, 6) is -2.76. The van der Waals surface area contributed by atoms with E-state index in [1.807, 2.05) is 0 Å². The van der Waals surface area contributed by atoms with Gasteiger partial charge in [0.25, 0.3) is 11.8 Å². The van der Waals surface area contributed by atoms with Crippen LogP contribution >= 0.6 is 0 Å². The zero-order valence-corrected chi connectivity index (χ0v) is 11.3. The van der Waals surface area contributed by atoms with E-state index in [4.69, 9.17) is 10.5 Å². The van der Waals surface area contributed by atoms with Crippen molar-refractivity contribution in [1.29, 1.82) is 0 Å². The van der Waals surface area contributed by atoms with Gasteiger partial charge in [-0.2, -0.15) is 0 Å². The lowest BCUT2D eigenvalue weighted by Crippen LogP contribution is -2.21. The zero-order valence-electron chi connectivity index (χ0n) is 11.3. The van der Waals surface area contributed by atoms with Crippen LogP contribution in [0.5, 0.6) is 5.75 Å². The molecule has 22 heavy (non-hydrogen) atoms. The Hall–Kier alpha value is -2.96. The van der Waals surface area contributed by atoms with E-state index in [9.17, 15) is 18.4 Å². The number of hydrogen-bond donors (Lipinski definition) is 2. The van der Waals surface area contributed by atoms with Crippen LogP contribution in [0.4, 0.5) is 14.5 Å². The van der Waals surface area contributed by atoms with Crippen LogP contribution in [0.1, 0.15) is 10.4 Å². The van der Waals surface area contributed by atoms with Gasteiger partial charge >= 0.3 is 0 Å². The summed E-state index contributed by atoms with van der Waals surface area (Å²) in [6.45, 7) is -0.404. The molecular weight excluding hydrogens is 294 g/mol. The summed E-state index contributed by atoms with van der Waals surface area (Å²) in [5.41, 5.74) is 4.74. The summed E-state index contributed by atoms with van der Waals surface area (Å²) >= 11 is 0. The lowest BCUT2D eigenvalue weighted by Gasteiger charge is -2.11. The molecule has 0 bridgehead atoms. The Bertz CT molecular complexity index is 720. The number of carbonyl (C=O) groups is 2. The van der Waals surface area contributed by atoms with Crippen LogP contribution in [0.3, 0.4) is 0 Å². The van der Waals surface area contributed by atoms with Gasteiger partial charge in [-0.05, 0) is 24.3 Å². The van der Waals surface area contributed by atoms with Crippen LogP contribution in [0.25, 0.3) is 0 Å². The summed E-state index contributed by atoms with van der Waals surface area (Å²) in [4.78, 5) is 22.9. The van der Waals surface area contributed by atoms with Crippen molar-refractivity contribution in [3.05, 3.63) is 59.7 Å². The number of nitrogens with one attached hydrogen (secondary N) is 1. The Morgan fingerprint density at radius 2 is 1.86 bits per heavy atom. The number of rotatable bonds is 5. The van der Waals surface area contributed by atoms with Gasteiger partial charge in [0.1, 0.15) is 17.4 Å². The number of para-hydroxylation sites is 1. The van der Waals surface area contributed by atoms with Crippen molar-refractivity contribution in [2.45, 2.75) is 0 Å². The number of carbonyl (C=O) groups excluding carboxylic acids is 2. The quantitative estimate of drug-likeness (QED) is 0.887. The van der Waals surface area contributed by atoms with Crippen LogP contribution in [-0.2, 0) is 4.79 Å². The summed E-state index contributed by atoms with van der Waals surface area (Å²) < 4.78 is 31.7. The van der Waals surface area contributed by atoms with Gasteiger partial charge in [0.05, 0.1) is 11.3 Å². The summed E-state index contributed by atoms with van der Waals surface area (Å²) in [6.07, 6.45) is 0. The highest BCUT2D eigenvalue weighted by atomic mass is 19.1. The van der Waals surface area contributed by atoms with E-state index in [-0.39, 0.29) is 17.0 Å². The average Bonchev–Trinajstić information content (AvgIpc) is 2.49. The van der Waals surface area contributed by atoms with Gasteiger partial charge in [0.2, 0.25) is 0 Å². The topological polar surface area (TPSA) is 81.4 Å². The van der Waals surface area contributed by atoms with Crippen molar-refractivity contribution >= 4 is 17.5 Å². The molecule has 3 N–H and O–H groups in total. The molecule has 0 aliphatic rings. The fourth-order valence-corrected chi connectivity index (χ4v) is 1.71. The molecule has 7 heteroatoms. The molecule has 114 valence electrons. The second kappa shape index (κ2) is 6.66. The van der Waals surface area contributed by atoms with Gasteiger partial charge in [-0.15, -0.1) is 0 Å². The molecule has 0 saturated carbocycles. The molecule has 2 amide bonds. The summed E-state index contributed by atoms with van der Waals surface area (Å²) in [7, 11) is 0. The van der Waals surface area contributed by atoms with E-state index in [1.165, 1.54) is 12.1 Å². The van der Waals surface area contributed by atoms with Crippen molar-refractivity contribution in [3.8, 4) is 5.75 Å². The lowest BCUT2D eigenvalue weighted by atomic mass is 10.2. The van der Waals surface area contributed by atoms with Crippen LogP contribution in [0.15, 0.2) is 42.5 Å². The maximum Gasteiger partial charge on any atom is 0.259 e. The largest absolute Gasteiger partial charge is 0.483 e.